The van der Waals surface area contributed by atoms with E-state index in [1.807, 2.05) is 42.4 Å². The maximum absolute atomic E-state index is 6.35. The second-order valence-corrected chi connectivity index (χ2v) is 10.4. The largest absolute Gasteiger partial charge is 0.382 e. The number of anilines is 1. The van der Waals surface area contributed by atoms with Crippen molar-refractivity contribution in [2.75, 3.05) is 25.9 Å². The van der Waals surface area contributed by atoms with E-state index in [1.54, 1.807) is 6.20 Å². The van der Waals surface area contributed by atoms with Crippen molar-refractivity contribution in [1.82, 2.24) is 14.8 Å². The van der Waals surface area contributed by atoms with Crippen LogP contribution in [0.1, 0.15) is 11.1 Å². The Kier molecular flexibility index (Phi) is 4.85. The van der Waals surface area contributed by atoms with Crippen molar-refractivity contribution in [3.05, 3.63) is 87.8 Å². The number of nitrogen functional groups attached to an aromatic ring is 1. The number of amidine groups is 2. The molecule has 0 amide bonds. The minimum atomic E-state index is 0.328. The van der Waals surface area contributed by atoms with Crippen LogP contribution in [0, 0.1) is 5.41 Å². The third-order valence-electron chi connectivity index (χ3n) is 6.64. The number of aliphatic imine (C=N–C) groups is 2. The number of hydrogen-bond donors (Lipinski definition) is 1. The van der Waals surface area contributed by atoms with Crippen molar-refractivity contribution in [2.24, 2.45) is 15.4 Å². The average Bonchev–Trinajstić information content (AvgIpc) is 3.18. The third kappa shape index (κ3) is 3.56. The standard InChI is InChI=1S/C25H23ClN6S/c1-31-20-7-6-19(33-18-8-10-28-23(27)22(18)26)24(31)29-11-9-21(30-20)32-14-25(15-32)12-16-4-2-3-5-17(16)13-25/h2-11H,12-15H2,1H3,(H2,27,28)/b11-9+,21-9?,29-11?,29-24-,30-20?,30-21+. The molecule has 1 fully saturated rings. The maximum atomic E-state index is 6.35. The van der Waals surface area contributed by atoms with Gasteiger partial charge in [-0.05, 0) is 48.3 Å². The molecule has 4 aliphatic rings. The number of nitrogens with zero attached hydrogens (tertiary/aromatic N) is 5. The first-order valence-electron chi connectivity index (χ1n) is 10.9. The summed E-state index contributed by atoms with van der Waals surface area (Å²) in [6.07, 6.45) is 11.9. The van der Waals surface area contributed by atoms with Gasteiger partial charge in [-0.1, -0.05) is 47.6 Å². The first kappa shape index (κ1) is 20.6. The summed E-state index contributed by atoms with van der Waals surface area (Å²) >= 11 is 7.87. The molecule has 0 unspecified atom stereocenters. The van der Waals surface area contributed by atoms with Crippen LogP contribution in [-0.4, -0.2) is 46.6 Å². The van der Waals surface area contributed by atoms with Gasteiger partial charge in [0.1, 0.15) is 23.3 Å². The summed E-state index contributed by atoms with van der Waals surface area (Å²) in [6.45, 7) is 2.05. The molecule has 0 radical (unpaired) electrons. The van der Waals surface area contributed by atoms with E-state index in [0.29, 0.717) is 16.3 Å². The summed E-state index contributed by atoms with van der Waals surface area (Å²) in [6, 6.07) is 10.7. The summed E-state index contributed by atoms with van der Waals surface area (Å²) < 4.78 is 0. The van der Waals surface area contributed by atoms with Gasteiger partial charge in [0.15, 0.2) is 0 Å². The Bertz CT molecular complexity index is 1270. The Morgan fingerprint density at radius 1 is 1.09 bits per heavy atom. The molecule has 1 saturated heterocycles. The number of aromatic nitrogens is 1. The van der Waals surface area contributed by atoms with Crippen LogP contribution < -0.4 is 5.73 Å². The lowest BCUT2D eigenvalue weighted by Crippen LogP contribution is -2.58. The zero-order valence-corrected chi connectivity index (χ0v) is 19.8. The van der Waals surface area contributed by atoms with Crippen LogP contribution in [0.5, 0.6) is 0 Å². The molecule has 166 valence electrons. The second kappa shape index (κ2) is 7.78. The minimum Gasteiger partial charge on any atom is -0.382 e. The van der Waals surface area contributed by atoms with Crippen LogP contribution in [0.3, 0.4) is 0 Å². The highest BCUT2D eigenvalue weighted by atomic mass is 35.5. The number of rotatable bonds is 2. The highest BCUT2D eigenvalue weighted by molar-refractivity contribution is 8.04. The van der Waals surface area contributed by atoms with Gasteiger partial charge in [0.05, 0.1) is 9.93 Å². The van der Waals surface area contributed by atoms with Crippen LogP contribution in [0.25, 0.3) is 0 Å². The predicted molar refractivity (Wildman–Crippen MR) is 135 cm³/mol. The molecule has 2 bridgehead atoms. The summed E-state index contributed by atoms with van der Waals surface area (Å²) in [4.78, 5) is 20.0. The molecule has 2 N–H and O–H groups in total. The Morgan fingerprint density at radius 3 is 2.61 bits per heavy atom. The van der Waals surface area contributed by atoms with Crippen molar-refractivity contribution in [3.63, 3.8) is 0 Å². The van der Waals surface area contributed by atoms with Gasteiger partial charge >= 0.3 is 0 Å². The van der Waals surface area contributed by atoms with E-state index < -0.39 is 0 Å². The molecule has 3 aliphatic heterocycles. The van der Waals surface area contributed by atoms with Crippen LogP contribution in [0.4, 0.5) is 5.82 Å². The zero-order chi connectivity index (χ0) is 22.6. The van der Waals surface area contributed by atoms with Gasteiger partial charge in [-0.25, -0.2) is 15.0 Å². The lowest BCUT2D eigenvalue weighted by atomic mass is 9.77. The monoisotopic (exact) mass is 474 g/mol. The highest BCUT2D eigenvalue weighted by Gasteiger charge is 2.47. The third-order valence-corrected chi connectivity index (χ3v) is 8.25. The van der Waals surface area contributed by atoms with Gasteiger partial charge in [-0.2, -0.15) is 0 Å². The number of likely N-dealkylation sites (tertiary alicyclic amines) is 1. The van der Waals surface area contributed by atoms with Gasteiger partial charge in [-0.15, -0.1) is 0 Å². The van der Waals surface area contributed by atoms with Crippen molar-refractivity contribution in [2.45, 2.75) is 17.7 Å². The molecule has 1 spiro atoms. The lowest BCUT2D eigenvalue weighted by Gasteiger charge is -2.49. The van der Waals surface area contributed by atoms with Gasteiger partial charge in [0.2, 0.25) is 0 Å². The first-order chi connectivity index (χ1) is 16.0. The molecule has 1 aliphatic carbocycles. The first-order valence-corrected chi connectivity index (χ1v) is 12.1. The van der Waals surface area contributed by atoms with Gasteiger partial charge in [0.25, 0.3) is 0 Å². The van der Waals surface area contributed by atoms with E-state index in [1.165, 1.54) is 22.9 Å². The quantitative estimate of drug-likeness (QED) is 0.693. The Hall–Kier alpha value is -3.03. The van der Waals surface area contributed by atoms with Crippen molar-refractivity contribution in [1.29, 1.82) is 0 Å². The predicted octanol–water partition coefficient (Wildman–Crippen LogP) is 4.51. The molecule has 8 heteroatoms. The summed E-state index contributed by atoms with van der Waals surface area (Å²) in [5.74, 6) is 2.99. The number of pyridine rings is 1. The molecule has 33 heavy (non-hydrogen) atoms. The average molecular weight is 475 g/mol. The SMILES string of the molecule is CN1C2=CC=C(Sc3ccnc(N)c3Cl)/C1=N/C=C/C(N1CC3(Cc4ccccc4C3)C1)=N\2. The van der Waals surface area contributed by atoms with Gasteiger partial charge in [-0.3, -0.25) is 0 Å². The van der Waals surface area contributed by atoms with Crippen molar-refractivity contribution >= 4 is 40.9 Å². The Labute approximate surface area is 202 Å². The molecule has 1 aromatic heterocycles. The Balaban J connectivity index is 1.23. The summed E-state index contributed by atoms with van der Waals surface area (Å²) in [5.41, 5.74) is 9.22. The molecule has 4 heterocycles. The zero-order valence-electron chi connectivity index (χ0n) is 18.2. The highest BCUT2D eigenvalue weighted by Crippen LogP contribution is 2.44. The number of likely N-dealkylation sites (N-methyl/N-ethyl adjacent to an activating group) is 1. The second-order valence-electron chi connectivity index (χ2n) is 8.94. The van der Waals surface area contributed by atoms with E-state index in [2.05, 4.69) is 34.1 Å². The smallest absolute Gasteiger partial charge is 0.147 e. The number of thioether (sulfide) groups is 1. The molecule has 1 aromatic carbocycles. The van der Waals surface area contributed by atoms with Crippen LogP contribution in [0.15, 0.2) is 86.6 Å². The van der Waals surface area contributed by atoms with Crippen LogP contribution >= 0.6 is 23.4 Å². The van der Waals surface area contributed by atoms with Gasteiger partial charge < -0.3 is 15.5 Å². The fourth-order valence-electron chi connectivity index (χ4n) is 5.02. The number of allylic oxidation sites excluding steroid dienone is 2. The molecule has 2 aromatic rings. The summed E-state index contributed by atoms with van der Waals surface area (Å²) in [7, 11) is 1.99. The molecule has 6 rings (SSSR count). The topological polar surface area (TPSA) is 70.1 Å². The fraction of sp³-hybridized carbons (Fsp3) is 0.240. The van der Waals surface area contributed by atoms with E-state index in [4.69, 9.17) is 27.3 Å². The lowest BCUT2D eigenvalue weighted by molar-refractivity contribution is 0.0706. The minimum absolute atomic E-state index is 0.328. The Morgan fingerprint density at radius 2 is 1.85 bits per heavy atom. The number of halogens is 1. The molecule has 0 saturated carbocycles. The van der Waals surface area contributed by atoms with Crippen molar-refractivity contribution < 1.29 is 0 Å². The van der Waals surface area contributed by atoms with Crippen molar-refractivity contribution in [3.8, 4) is 0 Å². The molecular formula is C25H23ClN6S. The number of hydrogen-bond acceptors (Lipinski definition) is 7. The maximum Gasteiger partial charge on any atom is 0.147 e. The van der Waals surface area contributed by atoms with E-state index in [9.17, 15) is 0 Å². The fourth-order valence-corrected chi connectivity index (χ4v) is 6.22. The van der Waals surface area contributed by atoms with Crippen LogP contribution in [0.2, 0.25) is 5.02 Å². The van der Waals surface area contributed by atoms with E-state index in [0.717, 1.165) is 53.2 Å². The number of fused-ring (bicyclic) bond motifs is 3. The van der Waals surface area contributed by atoms with Crippen LogP contribution in [-0.2, 0) is 12.8 Å². The number of nitrogens with two attached hydrogens (primary N) is 1. The molecular weight excluding hydrogens is 452 g/mol. The summed E-state index contributed by atoms with van der Waals surface area (Å²) in [5, 5.41) is 0.462. The number of benzene rings is 1. The van der Waals surface area contributed by atoms with E-state index >= 15 is 0 Å². The van der Waals surface area contributed by atoms with E-state index in [-0.39, 0.29) is 0 Å². The van der Waals surface area contributed by atoms with Gasteiger partial charge in [0, 0.05) is 42.8 Å². The normalized spacial score (nSPS) is 24.4. The molecule has 6 nitrogen and oxygen atoms in total. The molecule has 0 atom stereocenters.